The van der Waals surface area contributed by atoms with Crippen molar-refractivity contribution in [2.45, 2.75) is 12.8 Å². The van der Waals surface area contributed by atoms with Gasteiger partial charge in [0.05, 0.1) is 11.3 Å². The highest BCUT2D eigenvalue weighted by Crippen LogP contribution is 2.25. The topological polar surface area (TPSA) is 67.6 Å². The first-order valence-corrected chi connectivity index (χ1v) is 8.51. The molecule has 126 valence electrons. The zero-order chi connectivity index (χ0) is 17.1. The lowest BCUT2D eigenvalue weighted by Gasteiger charge is -2.36. The number of hydrogen-bond acceptors (Lipinski definition) is 4. The van der Waals surface area contributed by atoms with Crippen LogP contribution in [0.4, 0.5) is 5.69 Å². The van der Waals surface area contributed by atoms with Crippen molar-refractivity contribution in [2.75, 3.05) is 44.2 Å². The maximum atomic E-state index is 12.3. The molecule has 2 saturated heterocycles. The third-order valence-corrected chi connectivity index (χ3v) is 4.80. The van der Waals surface area contributed by atoms with E-state index in [0.29, 0.717) is 49.9 Å². The quantitative estimate of drug-likeness (QED) is 0.722. The molecule has 2 amide bonds. The molecule has 2 aliphatic heterocycles. The number of nitrogens with zero attached hydrogens (tertiary/aromatic N) is 4. The van der Waals surface area contributed by atoms with Crippen molar-refractivity contribution in [1.29, 1.82) is 5.26 Å². The van der Waals surface area contributed by atoms with Crippen molar-refractivity contribution in [3.63, 3.8) is 0 Å². The summed E-state index contributed by atoms with van der Waals surface area (Å²) in [6, 6.07) is 7.38. The Hall–Kier alpha value is -2.26. The predicted octanol–water partition coefficient (Wildman–Crippen LogP) is 1.48. The summed E-state index contributed by atoms with van der Waals surface area (Å²) < 4.78 is 0. The van der Waals surface area contributed by atoms with Gasteiger partial charge >= 0.3 is 11.8 Å². The number of likely N-dealkylation sites (tertiary alicyclic amines) is 1. The number of anilines is 1. The lowest BCUT2D eigenvalue weighted by atomic mass is 10.1. The summed E-state index contributed by atoms with van der Waals surface area (Å²) in [5.74, 6) is -0.793. The molecule has 0 atom stereocenters. The standard InChI is InChI=1S/C17H19ClN4O2/c18-14-3-4-15(13(11-14)12-19)20-7-9-22(10-8-20)17(24)16(23)21-5-1-2-6-21/h3-4,11H,1-2,5-10H2. The van der Waals surface area contributed by atoms with E-state index in [4.69, 9.17) is 11.6 Å². The number of benzene rings is 1. The molecule has 0 saturated carbocycles. The number of carbonyl (C=O) groups excluding carboxylic acids is 2. The molecule has 1 aromatic rings. The Kier molecular flexibility index (Phi) is 4.91. The summed E-state index contributed by atoms with van der Waals surface area (Å²) >= 11 is 5.93. The van der Waals surface area contributed by atoms with Gasteiger partial charge in [-0.15, -0.1) is 0 Å². The van der Waals surface area contributed by atoms with Gasteiger partial charge in [-0.05, 0) is 31.0 Å². The van der Waals surface area contributed by atoms with Gasteiger partial charge in [-0.2, -0.15) is 5.26 Å². The highest BCUT2D eigenvalue weighted by molar-refractivity contribution is 6.35. The van der Waals surface area contributed by atoms with Crippen LogP contribution < -0.4 is 4.90 Å². The molecule has 2 heterocycles. The van der Waals surface area contributed by atoms with E-state index in [1.54, 1.807) is 21.9 Å². The van der Waals surface area contributed by atoms with Crippen molar-refractivity contribution in [3.05, 3.63) is 28.8 Å². The van der Waals surface area contributed by atoms with Crippen LogP contribution in [0.2, 0.25) is 5.02 Å². The molecule has 1 aromatic carbocycles. The van der Waals surface area contributed by atoms with Crippen LogP contribution >= 0.6 is 11.6 Å². The van der Waals surface area contributed by atoms with E-state index in [0.717, 1.165) is 18.5 Å². The third-order valence-electron chi connectivity index (χ3n) is 4.56. The van der Waals surface area contributed by atoms with Crippen molar-refractivity contribution in [3.8, 4) is 6.07 Å². The Labute approximate surface area is 146 Å². The summed E-state index contributed by atoms with van der Waals surface area (Å²) in [6.07, 6.45) is 1.95. The van der Waals surface area contributed by atoms with Gasteiger partial charge in [0, 0.05) is 44.3 Å². The SMILES string of the molecule is N#Cc1cc(Cl)ccc1N1CCN(C(=O)C(=O)N2CCCC2)CC1. The van der Waals surface area contributed by atoms with E-state index < -0.39 is 5.91 Å². The van der Waals surface area contributed by atoms with Gasteiger partial charge in [0.1, 0.15) is 6.07 Å². The molecule has 0 spiro atoms. The fourth-order valence-corrected chi connectivity index (χ4v) is 3.39. The van der Waals surface area contributed by atoms with E-state index in [2.05, 4.69) is 11.0 Å². The van der Waals surface area contributed by atoms with Crippen LogP contribution in [0.1, 0.15) is 18.4 Å². The third kappa shape index (κ3) is 3.31. The van der Waals surface area contributed by atoms with Gasteiger partial charge in [0.15, 0.2) is 0 Å². The predicted molar refractivity (Wildman–Crippen MR) is 90.8 cm³/mol. The van der Waals surface area contributed by atoms with Gasteiger partial charge in [-0.3, -0.25) is 9.59 Å². The second-order valence-corrected chi connectivity index (χ2v) is 6.49. The van der Waals surface area contributed by atoms with Crippen molar-refractivity contribution >= 4 is 29.1 Å². The van der Waals surface area contributed by atoms with E-state index in [9.17, 15) is 14.9 Å². The van der Waals surface area contributed by atoms with Crippen LogP contribution in [0.15, 0.2) is 18.2 Å². The molecule has 3 rings (SSSR count). The maximum absolute atomic E-state index is 12.3. The van der Waals surface area contributed by atoms with Gasteiger partial charge in [0.2, 0.25) is 0 Å². The summed E-state index contributed by atoms with van der Waals surface area (Å²) in [5, 5.41) is 9.79. The zero-order valence-electron chi connectivity index (χ0n) is 13.4. The van der Waals surface area contributed by atoms with Crippen LogP contribution in [0, 0.1) is 11.3 Å². The molecule has 0 aromatic heterocycles. The van der Waals surface area contributed by atoms with Crippen LogP contribution in [-0.2, 0) is 9.59 Å². The Bertz CT molecular complexity index is 686. The number of carbonyl (C=O) groups is 2. The summed E-state index contributed by atoms with van der Waals surface area (Å²) in [7, 11) is 0. The van der Waals surface area contributed by atoms with Crippen LogP contribution in [0.5, 0.6) is 0 Å². The Balaban J connectivity index is 1.62. The Morgan fingerprint density at radius 3 is 2.12 bits per heavy atom. The lowest BCUT2D eigenvalue weighted by Crippen LogP contribution is -2.53. The molecule has 0 radical (unpaired) electrons. The van der Waals surface area contributed by atoms with E-state index >= 15 is 0 Å². The van der Waals surface area contributed by atoms with Gasteiger partial charge in [-0.25, -0.2) is 0 Å². The van der Waals surface area contributed by atoms with E-state index in [-0.39, 0.29) is 5.91 Å². The number of amides is 2. The summed E-state index contributed by atoms with van der Waals surface area (Å²) in [6.45, 7) is 3.50. The second-order valence-electron chi connectivity index (χ2n) is 6.05. The molecule has 7 heteroatoms. The van der Waals surface area contributed by atoms with Crippen molar-refractivity contribution < 1.29 is 9.59 Å². The first-order chi connectivity index (χ1) is 11.6. The van der Waals surface area contributed by atoms with Gasteiger partial charge in [0.25, 0.3) is 0 Å². The number of hydrogen-bond donors (Lipinski definition) is 0. The minimum Gasteiger partial charge on any atom is -0.367 e. The first kappa shape index (κ1) is 16.6. The highest BCUT2D eigenvalue weighted by atomic mass is 35.5. The number of rotatable bonds is 1. The molecule has 0 bridgehead atoms. The fourth-order valence-electron chi connectivity index (χ4n) is 3.21. The van der Waals surface area contributed by atoms with E-state index in [1.165, 1.54) is 0 Å². The molecule has 6 nitrogen and oxygen atoms in total. The minimum atomic E-state index is -0.409. The molecular formula is C17H19ClN4O2. The van der Waals surface area contributed by atoms with Gasteiger partial charge < -0.3 is 14.7 Å². The van der Waals surface area contributed by atoms with Crippen LogP contribution in [-0.4, -0.2) is 60.9 Å². The molecule has 0 N–H and O–H groups in total. The van der Waals surface area contributed by atoms with Crippen LogP contribution in [0.3, 0.4) is 0 Å². The highest BCUT2D eigenvalue weighted by Gasteiger charge is 2.31. The van der Waals surface area contributed by atoms with Crippen molar-refractivity contribution in [2.24, 2.45) is 0 Å². The molecule has 24 heavy (non-hydrogen) atoms. The summed E-state index contributed by atoms with van der Waals surface area (Å²) in [4.78, 5) is 29.8. The van der Waals surface area contributed by atoms with E-state index in [1.807, 2.05) is 6.07 Å². The van der Waals surface area contributed by atoms with Crippen molar-refractivity contribution in [1.82, 2.24) is 9.80 Å². The smallest absolute Gasteiger partial charge is 0.312 e. The number of nitriles is 1. The zero-order valence-corrected chi connectivity index (χ0v) is 14.1. The first-order valence-electron chi connectivity index (χ1n) is 8.13. The Morgan fingerprint density at radius 2 is 1.54 bits per heavy atom. The molecule has 2 fully saturated rings. The monoisotopic (exact) mass is 346 g/mol. The fraction of sp³-hybridized carbons (Fsp3) is 0.471. The molecule has 0 unspecified atom stereocenters. The van der Waals surface area contributed by atoms with Crippen LogP contribution in [0.25, 0.3) is 0 Å². The Morgan fingerprint density at radius 1 is 0.958 bits per heavy atom. The van der Waals surface area contributed by atoms with Gasteiger partial charge in [-0.1, -0.05) is 11.6 Å². The maximum Gasteiger partial charge on any atom is 0.312 e. The second kappa shape index (κ2) is 7.10. The minimum absolute atomic E-state index is 0.384. The number of halogens is 1. The molecule has 0 aliphatic carbocycles. The normalized spacial score (nSPS) is 17.8. The average Bonchev–Trinajstić information content (AvgIpc) is 3.15. The molecule has 2 aliphatic rings. The lowest BCUT2D eigenvalue weighted by molar-refractivity contribution is -0.151. The average molecular weight is 347 g/mol. The number of piperazine rings is 1. The molecular weight excluding hydrogens is 328 g/mol. The largest absolute Gasteiger partial charge is 0.367 e. The summed E-state index contributed by atoms with van der Waals surface area (Å²) in [5.41, 5.74) is 1.34.